The molecule has 1 amide bonds. The largest absolute Gasteiger partial charge is 0.435 e. The van der Waals surface area contributed by atoms with Crippen LogP contribution in [0.1, 0.15) is 48.7 Å². The average molecular weight is 462 g/mol. The summed E-state index contributed by atoms with van der Waals surface area (Å²) in [4.78, 5) is 14.9. The first-order valence-electron chi connectivity index (χ1n) is 10.6. The van der Waals surface area contributed by atoms with Crippen molar-refractivity contribution in [2.45, 2.75) is 44.8 Å². The summed E-state index contributed by atoms with van der Waals surface area (Å²) in [6.07, 6.45) is -0.607. The van der Waals surface area contributed by atoms with Crippen LogP contribution in [0.4, 0.5) is 13.2 Å². The molecule has 1 aliphatic rings. The van der Waals surface area contributed by atoms with Crippen LogP contribution in [-0.2, 0) is 6.18 Å². The number of hydrogen-bond acceptors (Lipinski definition) is 2. The molecular formula is C24H23ClF3N3O. The summed E-state index contributed by atoms with van der Waals surface area (Å²) in [6, 6.07) is 14.5. The van der Waals surface area contributed by atoms with Crippen LogP contribution in [0.25, 0.3) is 16.9 Å². The Hall–Kier alpha value is -2.80. The summed E-state index contributed by atoms with van der Waals surface area (Å²) in [5.41, 5.74) is 0.619. The second-order valence-electron chi connectivity index (χ2n) is 7.94. The van der Waals surface area contributed by atoms with Crippen molar-refractivity contribution in [3.05, 3.63) is 70.9 Å². The van der Waals surface area contributed by atoms with Crippen LogP contribution in [0.3, 0.4) is 0 Å². The number of likely N-dealkylation sites (tertiary alicyclic amines) is 1. The summed E-state index contributed by atoms with van der Waals surface area (Å²) >= 11 is 6.23. The van der Waals surface area contributed by atoms with Gasteiger partial charge in [-0.3, -0.25) is 4.79 Å². The van der Waals surface area contributed by atoms with E-state index in [0.717, 1.165) is 38.3 Å². The zero-order chi connectivity index (χ0) is 22.9. The summed E-state index contributed by atoms with van der Waals surface area (Å²) < 4.78 is 41.4. The zero-order valence-electron chi connectivity index (χ0n) is 17.6. The molecular weight excluding hydrogens is 439 g/mol. The SMILES string of the molecule is CCCC1CCCN1C(=O)c1ccc(-c2cc(C(F)(F)F)nn2-c2ccccc2Cl)cc1. The summed E-state index contributed by atoms with van der Waals surface area (Å²) in [7, 11) is 0. The lowest BCUT2D eigenvalue weighted by molar-refractivity contribution is -0.141. The van der Waals surface area contributed by atoms with Crippen LogP contribution in [0.2, 0.25) is 5.02 Å². The molecule has 4 rings (SSSR count). The number of carbonyl (C=O) groups excluding carboxylic acids is 1. The van der Waals surface area contributed by atoms with Crippen LogP contribution in [0, 0.1) is 0 Å². The van der Waals surface area contributed by atoms with Gasteiger partial charge in [0.25, 0.3) is 5.91 Å². The molecule has 0 radical (unpaired) electrons. The van der Waals surface area contributed by atoms with E-state index in [4.69, 9.17) is 11.6 Å². The first-order valence-corrected chi connectivity index (χ1v) is 11.0. The first kappa shape index (κ1) is 22.4. The van der Waals surface area contributed by atoms with Gasteiger partial charge in [0.15, 0.2) is 5.69 Å². The van der Waals surface area contributed by atoms with Crippen molar-refractivity contribution in [3.63, 3.8) is 0 Å². The monoisotopic (exact) mass is 461 g/mol. The first-order chi connectivity index (χ1) is 15.3. The van der Waals surface area contributed by atoms with Gasteiger partial charge < -0.3 is 4.90 Å². The smallest absolute Gasteiger partial charge is 0.336 e. The molecule has 1 aliphatic heterocycles. The number of alkyl halides is 3. The number of hydrogen-bond donors (Lipinski definition) is 0. The molecule has 1 saturated heterocycles. The predicted octanol–water partition coefficient (Wildman–Crippen LogP) is 6.62. The van der Waals surface area contributed by atoms with Gasteiger partial charge in [0.2, 0.25) is 0 Å². The highest BCUT2D eigenvalue weighted by molar-refractivity contribution is 6.32. The average Bonchev–Trinajstić information content (AvgIpc) is 3.41. The van der Waals surface area contributed by atoms with Gasteiger partial charge in [-0.25, -0.2) is 4.68 Å². The Bertz CT molecular complexity index is 1110. The highest BCUT2D eigenvalue weighted by Gasteiger charge is 2.35. The van der Waals surface area contributed by atoms with Crippen LogP contribution in [0.5, 0.6) is 0 Å². The topological polar surface area (TPSA) is 38.1 Å². The number of nitrogens with zero attached hydrogens (tertiary/aromatic N) is 3. The van der Waals surface area contributed by atoms with E-state index in [9.17, 15) is 18.0 Å². The number of amides is 1. The van der Waals surface area contributed by atoms with E-state index in [1.54, 1.807) is 48.5 Å². The molecule has 168 valence electrons. The summed E-state index contributed by atoms with van der Waals surface area (Å²) in [5, 5.41) is 4.06. The Morgan fingerprint density at radius 2 is 1.88 bits per heavy atom. The van der Waals surface area contributed by atoms with Gasteiger partial charge in [-0.1, -0.05) is 49.2 Å². The molecule has 1 fully saturated rings. The minimum absolute atomic E-state index is 0.0388. The Morgan fingerprint density at radius 3 is 2.53 bits per heavy atom. The van der Waals surface area contributed by atoms with Gasteiger partial charge in [-0.2, -0.15) is 18.3 Å². The second-order valence-corrected chi connectivity index (χ2v) is 8.34. The standard InChI is InChI=1S/C24H23ClF3N3O/c1-2-6-18-7-5-14-30(18)23(32)17-12-10-16(11-13-17)21-15-22(24(26,27)28)29-31(21)20-9-4-3-8-19(20)25/h3-4,8-13,15,18H,2,5-7,14H2,1H3. The molecule has 2 aromatic carbocycles. The number of rotatable bonds is 5. The third kappa shape index (κ3) is 4.39. The Balaban J connectivity index is 1.69. The van der Waals surface area contributed by atoms with E-state index in [1.807, 2.05) is 4.90 Å². The fraction of sp³-hybridized carbons (Fsp3) is 0.333. The highest BCUT2D eigenvalue weighted by atomic mass is 35.5. The van der Waals surface area contributed by atoms with E-state index in [0.29, 0.717) is 16.8 Å². The zero-order valence-corrected chi connectivity index (χ0v) is 18.3. The van der Waals surface area contributed by atoms with Crippen molar-refractivity contribution in [1.29, 1.82) is 0 Å². The second kappa shape index (κ2) is 8.98. The fourth-order valence-electron chi connectivity index (χ4n) is 4.22. The molecule has 2 heterocycles. The van der Waals surface area contributed by atoms with E-state index in [1.165, 1.54) is 4.68 Å². The molecule has 1 unspecified atom stereocenters. The van der Waals surface area contributed by atoms with Crippen molar-refractivity contribution < 1.29 is 18.0 Å². The fourth-order valence-corrected chi connectivity index (χ4v) is 4.43. The maximum atomic E-state index is 13.4. The van der Waals surface area contributed by atoms with E-state index >= 15 is 0 Å². The van der Waals surface area contributed by atoms with Gasteiger partial charge in [0.05, 0.1) is 16.4 Å². The van der Waals surface area contributed by atoms with Gasteiger partial charge in [0, 0.05) is 23.7 Å². The van der Waals surface area contributed by atoms with Crippen LogP contribution in [-0.4, -0.2) is 33.2 Å². The summed E-state index contributed by atoms with van der Waals surface area (Å²) in [5.74, 6) is -0.0388. The molecule has 3 aromatic rings. The molecule has 4 nitrogen and oxygen atoms in total. The number of para-hydroxylation sites is 1. The number of carbonyl (C=O) groups is 1. The van der Waals surface area contributed by atoms with E-state index in [-0.39, 0.29) is 22.7 Å². The summed E-state index contributed by atoms with van der Waals surface area (Å²) in [6.45, 7) is 2.84. The molecule has 8 heteroatoms. The van der Waals surface area contributed by atoms with E-state index < -0.39 is 11.9 Å². The van der Waals surface area contributed by atoms with Gasteiger partial charge in [0.1, 0.15) is 0 Å². The molecule has 1 aromatic heterocycles. The maximum Gasteiger partial charge on any atom is 0.435 e. The van der Waals surface area contributed by atoms with Crippen molar-refractivity contribution in [2.75, 3.05) is 6.54 Å². The van der Waals surface area contributed by atoms with Crippen LogP contribution >= 0.6 is 11.6 Å². The van der Waals surface area contributed by atoms with Crippen molar-refractivity contribution in [3.8, 4) is 16.9 Å². The Kier molecular flexibility index (Phi) is 6.29. The molecule has 0 saturated carbocycles. The van der Waals surface area contributed by atoms with E-state index in [2.05, 4.69) is 12.0 Å². The van der Waals surface area contributed by atoms with Crippen LogP contribution < -0.4 is 0 Å². The van der Waals surface area contributed by atoms with Gasteiger partial charge in [-0.05, 0) is 49.6 Å². The lowest BCUT2D eigenvalue weighted by Crippen LogP contribution is -2.35. The Labute approximate surface area is 189 Å². The molecule has 1 atom stereocenters. The normalized spacial score (nSPS) is 16.5. The Morgan fingerprint density at radius 1 is 1.16 bits per heavy atom. The minimum Gasteiger partial charge on any atom is -0.336 e. The third-order valence-corrected chi connectivity index (χ3v) is 6.09. The molecule has 0 aliphatic carbocycles. The van der Waals surface area contributed by atoms with Crippen molar-refractivity contribution in [1.82, 2.24) is 14.7 Å². The minimum atomic E-state index is -4.60. The molecule has 32 heavy (non-hydrogen) atoms. The van der Waals surface area contributed by atoms with Gasteiger partial charge in [-0.15, -0.1) is 0 Å². The number of benzene rings is 2. The van der Waals surface area contributed by atoms with Crippen molar-refractivity contribution >= 4 is 17.5 Å². The van der Waals surface area contributed by atoms with Crippen LogP contribution in [0.15, 0.2) is 54.6 Å². The lowest BCUT2D eigenvalue weighted by Gasteiger charge is -2.24. The lowest BCUT2D eigenvalue weighted by atomic mass is 10.1. The highest BCUT2D eigenvalue weighted by Crippen LogP contribution is 2.35. The molecule has 0 spiro atoms. The van der Waals surface area contributed by atoms with Gasteiger partial charge >= 0.3 is 6.18 Å². The maximum absolute atomic E-state index is 13.4. The quantitative estimate of drug-likeness (QED) is 0.428. The molecule has 0 N–H and O–H groups in total. The van der Waals surface area contributed by atoms with Crippen molar-refractivity contribution in [2.24, 2.45) is 0 Å². The predicted molar refractivity (Wildman–Crippen MR) is 118 cm³/mol. The molecule has 0 bridgehead atoms. The number of halogens is 4. The third-order valence-electron chi connectivity index (χ3n) is 5.77. The number of aromatic nitrogens is 2.